The van der Waals surface area contributed by atoms with Gasteiger partial charge in [-0.3, -0.25) is 0 Å². The van der Waals surface area contributed by atoms with E-state index in [9.17, 15) is 13.2 Å². The van der Waals surface area contributed by atoms with E-state index in [0.717, 1.165) is 5.56 Å². The van der Waals surface area contributed by atoms with Crippen molar-refractivity contribution in [3.05, 3.63) is 29.8 Å². The number of hydrogen-bond donors (Lipinski definition) is 2. The average Bonchev–Trinajstić information content (AvgIpc) is 2.40. The number of amides is 2. The maximum Gasteiger partial charge on any atom is 0.321 e. The molecule has 1 unspecified atom stereocenters. The summed E-state index contributed by atoms with van der Waals surface area (Å²) >= 11 is 0. The van der Waals surface area contributed by atoms with E-state index < -0.39 is 15.3 Å². The second-order valence-corrected chi connectivity index (χ2v) is 6.94. The van der Waals surface area contributed by atoms with Gasteiger partial charge in [0.05, 0.1) is 5.25 Å². The van der Waals surface area contributed by atoms with Crippen molar-refractivity contribution in [1.29, 1.82) is 0 Å². The number of urea groups is 1. The molecule has 3 N–H and O–H groups in total. The second-order valence-electron chi connectivity index (χ2n) is 5.10. The predicted molar refractivity (Wildman–Crippen MR) is 77.9 cm³/mol. The summed E-state index contributed by atoms with van der Waals surface area (Å²) in [6.07, 6.45) is 1.15. The number of carbonyl (C=O) groups excluding carboxylic acids is 1. The van der Waals surface area contributed by atoms with Crippen LogP contribution in [0.4, 0.5) is 10.5 Å². The van der Waals surface area contributed by atoms with Gasteiger partial charge >= 0.3 is 6.03 Å². The number of rotatable bonds is 2. The highest BCUT2D eigenvalue weighted by molar-refractivity contribution is 7.89. The van der Waals surface area contributed by atoms with Gasteiger partial charge in [0, 0.05) is 18.8 Å². The molecule has 6 nitrogen and oxygen atoms in total. The molecule has 1 atom stereocenters. The summed E-state index contributed by atoms with van der Waals surface area (Å²) in [6, 6.07) is 7.14. The molecule has 2 rings (SSSR count). The van der Waals surface area contributed by atoms with Gasteiger partial charge in [0.15, 0.2) is 0 Å². The van der Waals surface area contributed by atoms with Gasteiger partial charge in [-0.1, -0.05) is 17.7 Å². The number of anilines is 1. The quantitative estimate of drug-likeness (QED) is 0.861. The van der Waals surface area contributed by atoms with Crippen molar-refractivity contribution in [2.75, 3.05) is 18.4 Å². The third-order valence-corrected chi connectivity index (χ3v) is 4.75. The van der Waals surface area contributed by atoms with Crippen molar-refractivity contribution >= 4 is 21.7 Å². The molecule has 1 heterocycles. The van der Waals surface area contributed by atoms with Gasteiger partial charge in [-0.25, -0.2) is 18.4 Å². The molecule has 110 valence electrons. The summed E-state index contributed by atoms with van der Waals surface area (Å²) < 4.78 is 22.7. The van der Waals surface area contributed by atoms with Gasteiger partial charge in [-0.2, -0.15) is 0 Å². The van der Waals surface area contributed by atoms with Crippen molar-refractivity contribution < 1.29 is 13.2 Å². The molecule has 1 saturated heterocycles. The number of nitrogens with zero attached hydrogens (tertiary/aromatic N) is 1. The Morgan fingerprint density at radius 2 is 2.00 bits per heavy atom. The highest BCUT2D eigenvalue weighted by Gasteiger charge is 2.30. The molecule has 0 aromatic heterocycles. The molecule has 7 heteroatoms. The topological polar surface area (TPSA) is 92.5 Å². The monoisotopic (exact) mass is 297 g/mol. The molecule has 2 amide bonds. The van der Waals surface area contributed by atoms with Crippen LogP contribution in [0.5, 0.6) is 0 Å². The molecular formula is C13H19N3O3S. The summed E-state index contributed by atoms with van der Waals surface area (Å²) in [6.45, 7) is 2.66. The van der Waals surface area contributed by atoms with Crippen LogP contribution in [0.3, 0.4) is 0 Å². The van der Waals surface area contributed by atoms with E-state index in [2.05, 4.69) is 5.32 Å². The van der Waals surface area contributed by atoms with Crippen LogP contribution < -0.4 is 10.5 Å². The zero-order valence-electron chi connectivity index (χ0n) is 11.4. The van der Waals surface area contributed by atoms with E-state index in [-0.39, 0.29) is 12.6 Å². The fourth-order valence-corrected chi connectivity index (χ4v) is 3.11. The highest BCUT2D eigenvalue weighted by atomic mass is 32.2. The standard InChI is InChI=1S/C13H19N3O3S/c1-10-4-6-11(7-5-10)15-13(17)16-8-2-3-12(9-16)20(14,18)19/h4-7,12H,2-3,8-9H2,1H3,(H,15,17)(H2,14,18,19). The number of carbonyl (C=O) groups is 1. The van der Waals surface area contributed by atoms with Crippen LogP contribution in [0.25, 0.3) is 0 Å². The van der Waals surface area contributed by atoms with Crippen molar-refractivity contribution in [2.24, 2.45) is 5.14 Å². The predicted octanol–water partition coefficient (Wildman–Crippen LogP) is 1.28. The zero-order chi connectivity index (χ0) is 14.8. The molecule has 1 aliphatic heterocycles. The Morgan fingerprint density at radius 1 is 1.35 bits per heavy atom. The van der Waals surface area contributed by atoms with Crippen LogP contribution >= 0.6 is 0 Å². The molecular weight excluding hydrogens is 278 g/mol. The van der Waals surface area contributed by atoms with Crippen LogP contribution in [0.1, 0.15) is 18.4 Å². The number of piperidine rings is 1. The number of primary sulfonamides is 1. The van der Waals surface area contributed by atoms with Gasteiger partial charge in [-0.05, 0) is 31.9 Å². The molecule has 1 aliphatic rings. The Kier molecular flexibility index (Phi) is 4.29. The van der Waals surface area contributed by atoms with Gasteiger partial charge in [-0.15, -0.1) is 0 Å². The minimum absolute atomic E-state index is 0.149. The largest absolute Gasteiger partial charge is 0.323 e. The van der Waals surface area contributed by atoms with Crippen molar-refractivity contribution in [3.63, 3.8) is 0 Å². The van der Waals surface area contributed by atoms with Crippen molar-refractivity contribution in [2.45, 2.75) is 25.0 Å². The average molecular weight is 297 g/mol. The fourth-order valence-electron chi connectivity index (χ4n) is 2.23. The number of likely N-dealkylation sites (tertiary alicyclic amines) is 1. The summed E-state index contributed by atoms with van der Waals surface area (Å²) in [5.41, 5.74) is 1.80. The van der Waals surface area contributed by atoms with Crippen LogP contribution in [-0.2, 0) is 10.0 Å². The molecule has 1 aromatic rings. The smallest absolute Gasteiger partial charge is 0.321 e. The summed E-state index contributed by atoms with van der Waals surface area (Å²) in [7, 11) is -3.59. The highest BCUT2D eigenvalue weighted by Crippen LogP contribution is 2.17. The van der Waals surface area contributed by atoms with E-state index in [4.69, 9.17) is 5.14 Å². The van der Waals surface area contributed by atoms with Gasteiger partial charge in [0.1, 0.15) is 0 Å². The molecule has 1 fully saturated rings. The molecule has 0 bridgehead atoms. The lowest BCUT2D eigenvalue weighted by Crippen LogP contribution is -2.48. The number of benzene rings is 1. The summed E-state index contributed by atoms with van der Waals surface area (Å²) in [4.78, 5) is 13.6. The van der Waals surface area contributed by atoms with Crippen molar-refractivity contribution in [1.82, 2.24) is 4.90 Å². The third kappa shape index (κ3) is 3.71. The van der Waals surface area contributed by atoms with Gasteiger partial charge < -0.3 is 10.2 Å². The Bertz CT molecular complexity index is 583. The van der Waals surface area contributed by atoms with Crippen molar-refractivity contribution in [3.8, 4) is 0 Å². The van der Waals surface area contributed by atoms with Crippen LogP contribution in [0.2, 0.25) is 0 Å². The normalized spacial score (nSPS) is 19.7. The second kappa shape index (κ2) is 5.80. The first-order valence-electron chi connectivity index (χ1n) is 6.50. The van der Waals surface area contributed by atoms with Gasteiger partial charge in [0.2, 0.25) is 10.0 Å². The number of sulfonamides is 1. The minimum Gasteiger partial charge on any atom is -0.323 e. The third-order valence-electron chi connectivity index (χ3n) is 3.43. The number of hydrogen-bond acceptors (Lipinski definition) is 3. The minimum atomic E-state index is -3.59. The molecule has 0 radical (unpaired) electrons. The Labute approximate surface area is 119 Å². The first-order chi connectivity index (χ1) is 9.36. The lowest BCUT2D eigenvalue weighted by atomic mass is 10.1. The Balaban J connectivity index is 2.00. The number of nitrogens with one attached hydrogen (secondary N) is 1. The SMILES string of the molecule is Cc1ccc(NC(=O)N2CCCC(S(N)(=O)=O)C2)cc1. The van der Waals surface area contributed by atoms with E-state index in [1.165, 1.54) is 4.90 Å². The Morgan fingerprint density at radius 3 is 2.60 bits per heavy atom. The molecule has 0 aliphatic carbocycles. The van der Waals surface area contributed by atoms with E-state index in [1.54, 1.807) is 0 Å². The molecule has 0 spiro atoms. The van der Waals surface area contributed by atoms with E-state index in [0.29, 0.717) is 25.1 Å². The maximum absolute atomic E-state index is 12.1. The Hall–Kier alpha value is -1.60. The van der Waals surface area contributed by atoms with Gasteiger partial charge in [0.25, 0.3) is 0 Å². The zero-order valence-corrected chi connectivity index (χ0v) is 12.2. The van der Waals surface area contributed by atoms with Crippen LogP contribution in [-0.4, -0.2) is 37.7 Å². The lowest BCUT2D eigenvalue weighted by Gasteiger charge is -2.31. The van der Waals surface area contributed by atoms with E-state index in [1.807, 2.05) is 31.2 Å². The number of nitrogens with two attached hydrogens (primary N) is 1. The first kappa shape index (κ1) is 14.8. The molecule has 0 saturated carbocycles. The summed E-state index contributed by atoms with van der Waals surface area (Å²) in [5, 5.41) is 7.25. The lowest BCUT2D eigenvalue weighted by molar-refractivity contribution is 0.200. The number of aryl methyl sites for hydroxylation is 1. The summed E-state index contributed by atoms with van der Waals surface area (Å²) in [5.74, 6) is 0. The molecule has 1 aromatic carbocycles. The van der Waals surface area contributed by atoms with Crippen LogP contribution in [0.15, 0.2) is 24.3 Å². The van der Waals surface area contributed by atoms with E-state index >= 15 is 0 Å². The molecule has 20 heavy (non-hydrogen) atoms. The first-order valence-corrected chi connectivity index (χ1v) is 8.11. The van der Waals surface area contributed by atoms with Crippen LogP contribution in [0, 0.1) is 6.92 Å². The fraction of sp³-hybridized carbons (Fsp3) is 0.462. The maximum atomic E-state index is 12.1.